The molecule has 0 unspecified atom stereocenters. The smallest absolute Gasteiger partial charge is 0.163 e. The number of aromatic hydroxyl groups is 2. The molecule has 2 rings (SSSR count). The Bertz CT molecular complexity index is 733. The molecule has 0 heterocycles. The van der Waals surface area contributed by atoms with E-state index in [-0.39, 0.29) is 11.5 Å². The summed E-state index contributed by atoms with van der Waals surface area (Å²) in [5, 5.41) is 18.7. The molecule has 0 aromatic heterocycles. The largest absolute Gasteiger partial charge is 0.504 e. The number of phenols is 2. The maximum Gasteiger partial charge on any atom is 0.163 e. The van der Waals surface area contributed by atoms with Crippen LogP contribution in [0.5, 0.6) is 23.0 Å². The Morgan fingerprint density at radius 1 is 1.04 bits per heavy atom. The van der Waals surface area contributed by atoms with E-state index in [9.17, 15) is 10.2 Å². The molecule has 0 fully saturated rings. The molecule has 4 heteroatoms. The second kappa shape index (κ2) is 10.1. The number of methoxy groups -OCH3 is 2. The average molecular weight is 342 g/mol. The van der Waals surface area contributed by atoms with Gasteiger partial charge < -0.3 is 19.7 Å². The first-order valence-corrected chi connectivity index (χ1v) is 7.94. The highest BCUT2D eigenvalue weighted by molar-refractivity contribution is 5.61. The molecule has 25 heavy (non-hydrogen) atoms. The second-order valence-electron chi connectivity index (χ2n) is 5.33. The predicted molar refractivity (Wildman–Crippen MR) is 103 cm³/mol. The maximum atomic E-state index is 9.43. The number of phenolic OH excluding ortho intramolecular Hbond substituents is 2. The minimum atomic E-state index is 0.172. The first-order valence-electron chi connectivity index (χ1n) is 7.94. The molecule has 2 aromatic rings. The number of rotatable bonds is 5. The summed E-state index contributed by atoms with van der Waals surface area (Å²) in [4.78, 5) is 0. The molecular weight excluding hydrogens is 316 g/mol. The zero-order valence-corrected chi connectivity index (χ0v) is 15.2. The summed E-state index contributed by atoms with van der Waals surface area (Å²) >= 11 is 0. The van der Waals surface area contributed by atoms with E-state index in [1.54, 1.807) is 25.3 Å². The van der Waals surface area contributed by atoms with Gasteiger partial charge in [-0.05, 0) is 49.6 Å². The molecule has 4 nitrogen and oxygen atoms in total. The van der Waals surface area contributed by atoms with E-state index in [0.717, 1.165) is 23.1 Å². The van der Waals surface area contributed by atoms with Crippen molar-refractivity contribution in [1.29, 1.82) is 0 Å². The van der Waals surface area contributed by atoms with Crippen molar-refractivity contribution in [3.63, 3.8) is 0 Å². The minimum Gasteiger partial charge on any atom is -0.504 e. The summed E-state index contributed by atoms with van der Waals surface area (Å²) < 4.78 is 10.0. The Morgan fingerprint density at radius 3 is 2.28 bits per heavy atom. The monoisotopic (exact) mass is 342 g/mol. The van der Waals surface area contributed by atoms with Gasteiger partial charge >= 0.3 is 0 Å². The van der Waals surface area contributed by atoms with E-state index in [2.05, 4.69) is 6.58 Å². The van der Waals surface area contributed by atoms with Gasteiger partial charge in [0.15, 0.2) is 23.0 Å². The summed E-state index contributed by atoms with van der Waals surface area (Å²) in [6, 6.07) is 8.78. The fourth-order valence-electron chi connectivity index (χ4n) is 2.33. The van der Waals surface area contributed by atoms with Gasteiger partial charge in [-0.15, -0.1) is 6.58 Å². The maximum absolute atomic E-state index is 9.43. The quantitative estimate of drug-likeness (QED) is 0.761. The standard InChI is InChI=1S/C11H14O2.C10H12O2/c1-4-5-9-6-7-10(12)11(13-3)8(9)2;1-3-4-8-5-6-9(11)10(7-8)12-2/h4-7,12H,1-3H3;3,5-7,11H,1,4H2,2H3. The molecule has 0 spiro atoms. The van der Waals surface area contributed by atoms with Gasteiger partial charge in [-0.25, -0.2) is 0 Å². The third-order valence-electron chi connectivity index (χ3n) is 3.60. The first-order chi connectivity index (χ1) is 12.0. The van der Waals surface area contributed by atoms with E-state index in [4.69, 9.17) is 9.47 Å². The molecule has 2 N–H and O–H groups in total. The lowest BCUT2D eigenvalue weighted by atomic mass is 10.1. The third kappa shape index (κ3) is 5.60. The number of allylic oxidation sites excluding steroid dienone is 2. The summed E-state index contributed by atoms with van der Waals surface area (Å²) in [5.74, 6) is 1.42. The van der Waals surface area contributed by atoms with Crippen molar-refractivity contribution in [1.82, 2.24) is 0 Å². The van der Waals surface area contributed by atoms with Crippen LogP contribution in [-0.2, 0) is 6.42 Å². The highest BCUT2D eigenvalue weighted by Gasteiger charge is 2.07. The normalized spacial score (nSPS) is 10.1. The molecule has 0 aliphatic carbocycles. The lowest BCUT2D eigenvalue weighted by Gasteiger charge is -2.09. The van der Waals surface area contributed by atoms with Crippen LogP contribution in [0.2, 0.25) is 0 Å². The average Bonchev–Trinajstić information content (AvgIpc) is 2.60. The van der Waals surface area contributed by atoms with Crippen LogP contribution < -0.4 is 9.47 Å². The van der Waals surface area contributed by atoms with Gasteiger partial charge in [0, 0.05) is 5.56 Å². The molecule has 0 aliphatic heterocycles. The van der Waals surface area contributed by atoms with E-state index in [0.29, 0.717) is 11.5 Å². The highest BCUT2D eigenvalue weighted by atomic mass is 16.5. The second-order valence-corrected chi connectivity index (χ2v) is 5.33. The lowest BCUT2D eigenvalue weighted by Crippen LogP contribution is -1.90. The molecule has 0 amide bonds. The lowest BCUT2D eigenvalue weighted by molar-refractivity contribution is 0.371. The van der Waals surface area contributed by atoms with Gasteiger partial charge in [-0.3, -0.25) is 0 Å². The van der Waals surface area contributed by atoms with Gasteiger partial charge in [-0.2, -0.15) is 0 Å². The Kier molecular flexibility index (Phi) is 8.13. The topological polar surface area (TPSA) is 58.9 Å². The van der Waals surface area contributed by atoms with Gasteiger partial charge in [-0.1, -0.05) is 30.4 Å². The van der Waals surface area contributed by atoms with Crippen LogP contribution in [-0.4, -0.2) is 24.4 Å². The summed E-state index contributed by atoms with van der Waals surface area (Å²) in [5.41, 5.74) is 3.11. The van der Waals surface area contributed by atoms with Crippen LogP contribution in [0.1, 0.15) is 23.6 Å². The van der Waals surface area contributed by atoms with Crippen molar-refractivity contribution in [3.05, 3.63) is 65.8 Å². The molecule has 2 aromatic carbocycles. The fourth-order valence-corrected chi connectivity index (χ4v) is 2.33. The predicted octanol–water partition coefficient (Wildman–Crippen LogP) is 4.87. The molecule has 0 saturated carbocycles. The van der Waals surface area contributed by atoms with Crippen molar-refractivity contribution >= 4 is 6.08 Å². The molecule has 134 valence electrons. The van der Waals surface area contributed by atoms with Crippen molar-refractivity contribution in [3.8, 4) is 23.0 Å². The van der Waals surface area contributed by atoms with Crippen LogP contribution in [0, 0.1) is 6.92 Å². The van der Waals surface area contributed by atoms with Crippen LogP contribution in [0.4, 0.5) is 0 Å². The minimum absolute atomic E-state index is 0.172. The third-order valence-corrected chi connectivity index (χ3v) is 3.60. The number of hydrogen-bond acceptors (Lipinski definition) is 4. The Hall–Kier alpha value is -2.88. The Morgan fingerprint density at radius 2 is 1.72 bits per heavy atom. The fraction of sp³-hybridized carbons (Fsp3) is 0.238. The van der Waals surface area contributed by atoms with Crippen molar-refractivity contribution in [2.45, 2.75) is 20.3 Å². The molecule has 0 bridgehead atoms. The number of benzene rings is 2. The van der Waals surface area contributed by atoms with E-state index < -0.39 is 0 Å². The molecule has 0 radical (unpaired) electrons. The van der Waals surface area contributed by atoms with Gasteiger partial charge in [0.25, 0.3) is 0 Å². The zero-order chi connectivity index (χ0) is 18.8. The Balaban J connectivity index is 0.000000251. The SMILES string of the molecule is C=CCc1ccc(O)c(OC)c1.CC=Cc1ccc(O)c(OC)c1C. The summed E-state index contributed by atoms with van der Waals surface area (Å²) in [6.07, 6.45) is 6.54. The zero-order valence-electron chi connectivity index (χ0n) is 15.2. The molecule has 0 aliphatic rings. The van der Waals surface area contributed by atoms with Gasteiger partial charge in [0.1, 0.15) is 0 Å². The van der Waals surface area contributed by atoms with Crippen LogP contribution in [0.25, 0.3) is 6.08 Å². The van der Waals surface area contributed by atoms with Gasteiger partial charge in [0.05, 0.1) is 14.2 Å². The van der Waals surface area contributed by atoms with Crippen molar-refractivity contribution < 1.29 is 19.7 Å². The number of hydrogen-bond donors (Lipinski definition) is 2. The molecular formula is C21H26O4. The van der Waals surface area contributed by atoms with Crippen LogP contribution in [0.3, 0.4) is 0 Å². The summed E-state index contributed by atoms with van der Waals surface area (Å²) in [6.45, 7) is 7.51. The summed E-state index contributed by atoms with van der Waals surface area (Å²) in [7, 11) is 3.09. The first kappa shape index (κ1) is 20.2. The van der Waals surface area contributed by atoms with Crippen LogP contribution >= 0.6 is 0 Å². The molecule has 0 saturated heterocycles. The van der Waals surface area contributed by atoms with Crippen molar-refractivity contribution in [2.24, 2.45) is 0 Å². The van der Waals surface area contributed by atoms with Gasteiger partial charge in [0.2, 0.25) is 0 Å². The van der Waals surface area contributed by atoms with E-state index >= 15 is 0 Å². The van der Waals surface area contributed by atoms with E-state index in [1.807, 2.05) is 44.2 Å². The van der Waals surface area contributed by atoms with Crippen molar-refractivity contribution in [2.75, 3.05) is 14.2 Å². The molecule has 0 atom stereocenters. The van der Waals surface area contributed by atoms with Crippen LogP contribution in [0.15, 0.2) is 49.1 Å². The van der Waals surface area contributed by atoms with E-state index in [1.165, 1.54) is 7.11 Å². The number of ether oxygens (including phenoxy) is 2. The Labute approximate surface area is 149 Å². The highest BCUT2D eigenvalue weighted by Crippen LogP contribution is 2.32.